The number of benzene rings is 2. The second-order valence-electron chi connectivity index (χ2n) is 4.82. The molecule has 5 heteroatoms. The number of nitriles is 2. The van der Waals surface area contributed by atoms with E-state index in [0.29, 0.717) is 35.8 Å². The Balaban J connectivity index is 2.38. The summed E-state index contributed by atoms with van der Waals surface area (Å²) in [5, 5.41) is 18.7. The molecule has 3 rings (SSSR count). The van der Waals surface area contributed by atoms with Gasteiger partial charge in [0.1, 0.15) is 30.2 Å². The Morgan fingerprint density at radius 2 is 2.09 bits per heavy atom. The summed E-state index contributed by atoms with van der Waals surface area (Å²) in [5.41, 5.74) is 8.95. The van der Waals surface area contributed by atoms with Crippen LogP contribution in [-0.2, 0) is 6.61 Å². The number of ether oxygens (including phenoxy) is 2. The number of nitrogens with zero attached hydrogens (tertiary/aromatic N) is 2. The maximum Gasteiger partial charge on any atom is 0.131 e. The third-order valence-corrected chi connectivity index (χ3v) is 3.60. The Kier molecular flexibility index (Phi) is 3.33. The van der Waals surface area contributed by atoms with Gasteiger partial charge in [0.25, 0.3) is 0 Å². The molecule has 0 aliphatic carbocycles. The van der Waals surface area contributed by atoms with Gasteiger partial charge in [-0.25, -0.2) is 0 Å². The molecule has 0 saturated heterocycles. The highest BCUT2D eigenvalue weighted by atomic mass is 16.5. The average Bonchev–Trinajstić information content (AvgIpc) is 2.54. The molecule has 0 unspecified atom stereocenters. The third-order valence-electron chi connectivity index (χ3n) is 3.60. The molecule has 108 valence electrons. The molecular weight excluding hydrogens is 278 g/mol. The summed E-state index contributed by atoms with van der Waals surface area (Å²) in [5.74, 6) is 1.29. The van der Waals surface area contributed by atoms with Gasteiger partial charge in [0.05, 0.1) is 29.0 Å². The van der Waals surface area contributed by atoms with Crippen molar-refractivity contribution in [3.05, 3.63) is 41.0 Å². The van der Waals surface area contributed by atoms with Crippen LogP contribution in [0, 0.1) is 22.7 Å². The van der Waals surface area contributed by atoms with Crippen molar-refractivity contribution in [2.75, 3.05) is 12.3 Å². The minimum atomic E-state index is 0.197. The Morgan fingerprint density at radius 3 is 2.77 bits per heavy atom. The van der Waals surface area contributed by atoms with Crippen molar-refractivity contribution >= 4 is 5.69 Å². The van der Waals surface area contributed by atoms with Gasteiger partial charge in [-0.1, -0.05) is 6.07 Å². The molecule has 0 amide bonds. The van der Waals surface area contributed by atoms with Crippen LogP contribution in [0.1, 0.15) is 23.6 Å². The van der Waals surface area contributed by atoms with E-state index in [-0.39, 0.29) is 11.3 Å². The summed E-state index contributed by atoms with van der Waals surface area (Å²) < 4.78 is 11.4. The first kappa shape index (κ1) is 13.8. The summed E-state index contributed by atoms with van der Waals surface area (Å²) in [4.78, 5) is 0. The van der Waals surface area contributed by atoms with Gasteiger partial charge >= 0.3 is 0 Å². The third kappa shape index (κ3) is 1.92. The minimum absolute atomic E-state index is 0.197. The van der Waals surface area contributed by atoms with Crippen molar-refractivity contribution in [1.82, 2.24) is 0 Å². The number of rotatable bonds is 2. The van der Waals surface area contributed by atoms with Gasteiger partial charge in [-0.3, -0.25) is 0 Å². The smallest absolute Gasteiger partial charge is 0.131 e. The second-order valence-corrected chi connectivity index (χ2v) is 4.82. The highest BCUT2D eigenvalue weighted by Crippen LogP contribution is 2.47. The first-order chi connectivity index (χ1) is 10.7. The maximum absolute atomic E-state index is 9.52. The zero-order valence-corrected chi connectivity index (χ0v) is 12.0. The van der Waals surface area contributed by atoms with Gasteiger partial charge in [-0.05, 0) is 25.1 Å². The Hall–Kier alpha value is -3.18. The number of fused-ring (bicyclic) bond motifs is 3. The molecule has 1 aliphatic rings. The lowest BCUT2D eigenvalue weighted by Gasteiger charge is -2.25. The zero-order chi connectivity index (χ0) is 15.7. The Bertz CT molecular complexity index is 844. The lowest BCUT2D eigenvalue weighted by atomic mass is 9.89. The fraction of sp³-hybridized carbons (Fsp3) is 0.176. The maximum atomic E-state index is 9.52. The Morgan fingerprint density at radius 1 is 1.27 bits per heavy atom. The summed E-state index contributed by atoms with van der Waals surface area (Å²) in [7, 11) is 0. The van der Waals surface area contributed by atoms with Gasteiger partial charge in [0.15, 0.2) is 0 Å². The molecule has 0 atom stereocenters. The fourth-order valence-electron chi connectivity index (χ4n) is 2.67. The van der Waals surface area contributed by atoms with Gasteiger partial charge in [0.2, 0.25) is 0 Å². The van der Waals surface area contributed by atoms with Crippen molar-refractivity contribution in [2.45, 2.75) is 13.5 Å². The molecule has 2 aromatic rings. The quantitative estimate of drug-likeness (QED) is 0.859. The molecule has 1 heterocycles. The van der Waals surface area contributed by atoms with Crippen LogP contribution in [0.2, 0.25) is 0 Å². The molecule has 0 radical (unpaired) electrons. The number of nitrogen functional groups attached to an aromatic ring is 1. The van der Waals surface area contributed by atoms with Crippen molar-refractivity contribution in [1.29, 1.82) is 10.5 Å². The summed E-state index contributed by atoms with van der Waals surface area (Å²) >= 11 is 0. The molecule has 22 heavy (non-hydrogen) atoms. The van der Waals surface area contributed by atoms with E-state index in [0.717, 1.165) is 11.1 Å². The molecular formula is C17H13N3O2. The van der Waals surface area contributed by atoms with E-state index in [1.165, 1.54) is 0 Å². The van der Waals surface area contributed by atoms with Gasteiger partial charge in [-0.15, -0.1) is 0 Å². The second kappa shape index (κ2) is 5.31. The molecule has 0 spiro atoms. The van der Waals surface area contributed by atoms with Crippen molar-refractivity contribution < 1.29 is 9.47 Å². The van der Waals surface area contributed by atoms with Crippen molar-refractivity contribution in [3.8, 4) is 34.8 Å². The molecule has 5 nitrogen and oxygen atoms in total. The molecule has 2 N–H and O–H groups in total. The summed E-state index contributed by atoms with van der Waals surface area (Å²) in [6, 6.07) is 11.3. The molecule has 1 aliphatic heterocycles. The van der Waals surface area contributed by atoms with E-state index in [9.17, 15) is 5.26 Å². The predicted molar refractivity (Wildman–Crippen MR) is 81.2 cm³/mol. The monoisotopic (exact) mass is 291 g/mol. The normalized spacial score (nSPS) is 11.4. The van der Waals surface area contributed by atoms with E-state index in [1.807, 2.05) is 31.2 Å². The minimum Gasteiger partial charge on any atom is -0.493 e. The van der Waals surface area contributed by atoms with E-state index >= 15 is 0 Å². The lowest BCUT2D eigenvalue weighted by Crippen LogP contribution is -2.11. The molecule has 0 fully saturated rings. The van der Waals surface area contributed by atoms with Crippen LogP contribution in [-0.4, -0.2) is 6.61 Å². The molecule has 2 aromatic carbocycles. The zero-order valence-electron chi connectivity index (χ0n) is 12.0. The SMILES string of the molecule is CCOc1cccc2c1-c1c(cc(C#N)c(N)c1C#N)CO2. The average molecular weight is 291 g/mol. The summed E-state index contributed by atoms with van der Waals surface area (Å²) in [6.45, 7) is 2.68. The van der Waals surface area contributed by atoms with Crippen molar-refractivity contribution in [2.24, 2.45) is 0 Å². The first-order valence-electron chi connectivity index (χ1n) is 6.85. The lowest BCUT2D eigenvalue weighted by molar-refractivity contribution is 0.295. The molecule has 0 aromatic heterocycles. The highest BCUT2D eigenvalue weighted by Gasteiger charge is 2.27. The highest BCUT2D eigenvalue weighted by molar-refractivity contribution is 5.89. The van der Waals surface area contributed by atoms with Crippen LogP contribution in [0.15, 0.2) is 24.3 Å². The fourth-order valence-corrected chi connectivity index (χ4v) is 2.67. The van der Waals surface area contributed by atoms with E-state index < -0.39 is 0 Å². The summed E-state index contributed by atoms with van der Waals surface area (Å²) in [6.07, 6.45) is 0. The van der Waals surface area contributed by atoms with Gasteiger partial charge in [0, 0.05) is 11.1 Å². The molecule has 0 saturated carbocycles. The first-order valence-corrected chi connectivity index (χ1v) is 6.85. The number of hydrogen-bond donors (Lipinski definition) is 1. The van der Waals surface area contributed by atoms with Crippen LogP contribution < -0.4 is 15.2 Å². The van der Waals surface area contributed by atoms with Crippen LogP contribution in [0.4, 0.5) is 5.69 Å². The Labute approximate surface area is 128 Å². The van der Waals surface area contributed by atoms with Crippen LogP contribution in [0.25, 0.3) is 11.1 Å². The standard InChI is InChI=1S/C17H13N3O2/c1-2-21-13-4-3-5-14-16(13)15-11(9-22-14)6-10(7-18)17(20)12(15)8-19/h3-6H,2,9,20H2,1H3. The van der Waals surface area contributed by atoms with Crippen LogP contribution >= 0.6 is 0 Å². The van der Waals surface area contributed by atoms with Crippen molar-refractivity contribution in [3.63, 3.8) is 0 Å². The topological polar surface area (TPSA) is 92.1 Å². The van der Waals surface area contributed by atoms with E-state index in [1.54, 1.807) is 6.07 Å². The number of anilines is 1. The van der Waals surface area contributed by atoms with Crippen LogP contribution in [0.3, 0.4) is 0 Å². The van der Waals surface area contributed by atoms with Gasteiger partial charge < -0.3 is 15.2 Å². The predicted octanol–water partition coefficient (Wildman–Crippen LogP) is 2.97. The van der Waals surface area contributed by atoms with E-state index in [2.05, 4.69) is 6.07 Å². The molecule has 0 bridgehead atoms. The largest absolute Gasteiger partial charge is 0.493 e. The number of hydrogen-bond acceptors (Lipinski definition) is 5. The number of nitrogens with two attached hydrogens (primary N) is 1. The van der Waals surface area contributed by atoms with Crippen LogP contribution in [0.5, 0.6) is 11.5 Å². The van der Waals surface area contributed by atoms with Gasteiger partial charge in [-0.2, -0.15) is 10.5 Å². The van der Waals surface area contributed by atoms with E-state index in [4.69, 9.17) is 20.5 Å².